The van der Waals surface area contributed by atoms with E-state index in [2.05, 4.69) is 0 Å². The first-order valence-electron chi connectivity index (χ1n) is 6.21. The lowest BCUT2D eigenvalue weighted by atomic mass is 10.1. The van der Waals surface area contributed by atoms with Crippen LogP contribution in [0.5, 0.6) is 0 Å². The van der Waals surface area contributed by atoms with E-state index in [0.717, 1.165) is 11.5 Å². The number of aryl methyl sites for hydroxylation is 1. The Hall–Kier alpha value is -1.81. The predicted octanol–water partition coefficient (Wildman–Crippen LogP) is 3.42. The monoisotopic (exact) mass is 263 g/mol. The van der Waals surface area contributed by atoms with Crippen LogP contribution in [-0.4, -0.2) is 12.2 Å². The van der Waals surface area contributed by atoms with Gasteiger partial charge in [0.05, 0.1) is 18.3 Å². The molecule has 0 fully saturated rings. The van der Waals surface area contributed by atoms with Crippen molar-refractivity contribution in [2.75, 3.05) is 11.9 Å². The number of aliphatic hydroxyl groups is 1. The largest absolute Gasteiger partial charge is 0.464 e. The molecule has 0 bridgehead atoms. The van der Waals surface area contributed by atoms with E-state index in [0.29, 0.717) is 17.8 Å². The molecule has 2 rings (SSSR count). The average Bonchev–Trinajstić information content (AvgIpc) is 2.74. The van der Waals surface area contributed by atoms with Crippen LogP contribution in [0.15, 0.2) is 34.7 Å². The van der Waals surface area contributed by atoms with Gasteiger partial charge in [-0.25, -0.2) is 4.39 Å². The fraction of sp³-hybridized carbons (Fsp3) is 0.333. The maximum absolute atomic E-state index is 14.0. The zero-order valence-electron chi connectivity index (χ0n) is 11.4. The van der Waals surface area contributed by atoms with Crippen LogP contribution in [-0.2, 0) is 6.54 Å². The Morgan fingerprint density at radius 3 is 2.58 bits per heavy atom. The van der Waals surface area contributed by atoms with Crippen molar-refractivity contribution in [3.05, 3.63) is 53.2 Å². The maximum atomic E-state index is 14.0. The van der Waals surface area contributed by atoms with E-state index in [-0.39, 0.29) is 5.82 Å². The lowest BCUT2D eigenvalue weighted by molar-refractivity contribution is 0.199. The first-order chi connectivity index (χ1) is 8.97. The number of benzene rings is 1. The van der Waals surface area contributed by atoms with Crippen LogP contribution >= 0.6 is 0 Å². The predicted molar refractivity (Wildman–Crippen MR) is 72.6 cm³/mol. The molecule has 2 aromatic rings. The van der Waals surface area contributed by atoms with E-state index in [4.69, 9.17) is 4.42 Å². The van der Waals surface area contributed by atoms with E-state index < -0.39 is 6.10 Å². The molecule has 1 aromatic heterocycles. The lowest BCUT2D eigenvalue weighted by Crippen LogP contribution is -2.17. The fourth-order valence-corrected chi connectivity index (χ4v) is 1.98. The SMILES string of the molecule is Cc1ccc(CN(C)c2ccc(C(C)O)cc2F)o1. The van der Waals surface area contributed by atoms with Gasteiger partial charge in [-0.05, 0) is 43.7 Å². The molecule has 0 amide bonds. The van der Waals surface area contributed by atoms with E-state index in [1.165, 1.54) is 6.07 Å². The van der Waals surface area contributed by atoms with Gasteiger partial charge in [-0.3, -0.25) is 0 Å². The molecule has 1 unspecified atom stereocenters. The molecule has 4 heteroatoms. The zero-order valence-corrected chi connectivity index (χ0v) is 11.4. The van der Waals surface area contributed by atoms with Gasteiger partial charge in [-0.15, -0.1) is 0 Å². The normalized spacial score (nSPS) is 12.5. The van der Waals surface area contributed by atoms with Crippen molar-refractivity contribution in [2.24, 2.45) is 0 Å². The Morgan fingerprint density at radius 2 is 2.05 bits per heavy atom. The van der Waals surface area contributed by atoms with E-state index in [1.54, 1.807) is 31.0 Å². The molecule has 1 heterocycles. The van der Waals surface area contributed by atoms with Crippen LogP contribution in [0.25, 0.3) is 0 Å². The molecule has 1 atom stereocenters. The number of halogens is 1. The first-order valence-corrected chi connectivity index (χ1v) is 6.21. The summed E-state index contributed by atoms with van der Waals surface area (Å²) in [6.07, 6.45) is -0.665. The van der Waals surface area contributed by atoms with Gasteiger partial charge < -0.3 is 14.4 Å². The summed E-state index contributed by atoms with van der Waals surface area (Å²) in [5.41, 5.74) is 1.06. The van der Waals surface area contributed by atoms with Crippen LogP contribution in [0.3, 0.4) is 0 Å². The molecule has 0 aliphatic rings. The van der Waals surface area contributed by atoms with Crippen molar-refractivity contribution in [1.29, 1.82) is 0 Å². The summed E-state index contributed by atoms with van der Waals surface area (Å²) in [7, 11) is 1.80. The van der Waals surface area contributed by atoms with Crippen LogP contribution < -0.4 is 4.90 Å². The molecule has 0 aliphatic carbocycles. The summed E-state index contributed by atoms with van der Waals surface area (Å²) >= 11 is 0. The highest BCUT2D eigenvalue weighted by Crippen LogP contribution is 2.24. The van der Waals surface area contributed by atoms with Crippen LogP contribution in [0.2, 0.25) is 0 Å². The molecule has 1 N–H and O–H groups in total. The minimum atomic E-state index is -0.665. The van der Waals surface area contributed by atoms with Gasteiger partial charge in [0.2, 0.25) is 0 Å². The number of rotatable bonds is 4. The van der Waals surface area contributed by atoms with E-state index in [1.807, 2.05) is 19.1 Å². The summed E-state index contributed by atoms with van der Waals surface area (Å²) in [5.74, 6) is 1.29. The summed E-state index contributed by atoms with van der Waals surface area (Å²) in [6, 6.07) is 8.54. The highest BCUT2D eigenvalue weighted by Gasteiger charge is 2.12. The van der Waals surface area contributed by atoms with Crippen molar-refractivity contribution < 1.29 is 13.9 Å². The van der Waals surface area contributed by atoms with Gasteiger partial charge in [-0.1, -0.05) is 6.07 Å². The number of hydrogen-bond donors (Lipinski definition) is 1. The Morgan fingerprint density at radius 1 is 1.32 bits per heavy atom. The Bertz CT molecular complexity index is 563. The van der Waals surface area contributed by atoms with Gasteiger partial charge in [0.1, 0.15) is 17.3 Å². The fourth-order valence-electron chi connectivity index (χ4n) is 1.98. The van der Waals surface area contributed by atoms with Crippen molar-refractivity contribution in [2.45, 2.75) is 26.5 Å². The molecule has 0 aliphatic heterocycles. The van der Waals surface area contributed by atoms with Gasteiger partial charge in [0, 0.05) is 7.05 Å². The molecule has 0 spiro atoms. The number of hydrogen-bond acceptors (Lipinski definition) is 3. The number of aliphatic hydroxyl groups excluding tert-OH is 1. The van der Waals surface area contributed by atoms with E-state index in [9.17, 15) is 9.50 Å². The second-order valence-electron chi connectivity index (χ2n) is 4.76. The minimum absolute atomic E-state index is 0.343. The number of anilines is 1. The molecule has 3 nitrogen and oxygen atoms in total. The minimum Gasteiger partial charge on any atom is -0.464 e. The topological polar surface area (TPSA) is 36.6 Å². The molecular formula is C15H18FNO2. The third-order valence-electron chi connectivity index (χ3n) is 3.05. The van der Waals surface area contributed by atoms with Gasteiger partial charge in [0.25, 0.3) is 0 Å². The highest BCUT2D eigenvalue weighted by atomic mass is 19.1. The summed E-state index contributed by atoms with van der Waals surface area (Å²) < 4.78 is 19.5. The maximum Gasteiger partial charge on any atom is 0.146 e. The molecule has 19 heavy (non-hydrogen) atoms. The van der Waals surface area contributed by atoms with Crippen LogP contribution in [0.1, 0.15) is 30.1 Å². The third-order valence-corrected chi connectivity index (χ3v) is 3.05. The first kappa shape index (κ1) is 13.6. The molecule has 0 saturated heterocycles. The number of furan rings is 1. The number of nitrogens with zero attached hydrogens (tertiary/aromatic N) is 1. The molecular weight excluding hydrogens is 245 g/mol. The van der Waals surface area contributed by atoms with Crippen LogP contribution in [0, 0.1) is 12.7 Å². The molecule has 1 aromatic carbocycles. The average molecular weight is 263 g/mol. The third kappa shape index (κ3) is 3.15. The zero-order chi connectivity index (χ0) is 14.0. The van der Waals surface area contributed by atoms with Crippen molar-refractivity contribution in [3.63, 3.8) is 0 Å². The second kappa shape index (κ2) is 5.45. The summed E-state index contributed by atoms with van der Waals surface area (Å²) in [4.78, 5) is 1.78. The molecule has 102 valence electrons. The quantitative estimate of drug-likeness (QED) is 0.918. The Labute approximate surface area is 112 Å². The Kier molecular flexibility index (Phi) is 3.90. The molecule has 0 radical (unpaired) electrons. The Balaban J connectivity index is 2.17. The van der Waals surface area contributed by atoms with Crippen LogP contribution in [0.4, 0.5) is 10.1 Å². The summed E-state index contributed by atoms with van der Waals surface area (Å²) in [5, 5.41) is 9.42. The van der Waals surface area contributed by atoms with Crippen molar-refractivity contribution in [3.8, 4) is 0 Å². The highest BCUT2D eigenvalue weighted by molar-refractivity contribution is 5.49. The van der Waals surface area contributed by atoms with Gasteiger partial charge in [0.15, 0.2) is 0 Å². The lowest BCUT2D eigenvalue weighted by Gasteiger charge is -2.19. The van der Waals surface area contributed by atoms with Crippen molar-refractivity contribution >= 4 is 5.69 Å². The van der Waals surface area contributed by atoms with Gasteiger partial charge in [-0.2, -0.15) is 0 Å². The van der Waals surface area contributed by atoms with E-state index >= 15 is 0 Å². The van der Waals surface area contributed by atoms with Crippen molar-refractivity contribution in [1.82, 2.24) is 0 Å². The standard InChI is InChI=1S/C15H18FNO2/c1-10-4-6-13(19-10)9-17(3)15-7-5-12(11(2)18)8-14(15)16/h4-8,11,18H,9H2,1-3H3. The summed E-state index contributed by atoms with van der Waals surface area (Å²) in [6.45, 7) is 3.99. The molecule has 0 saturated carbocycles. The van der Waals surface area contributed by atoms with Gasteiger partial charge >= 0.3 is 0 Å². The smallest absolute Gasteiger partial charge is 0.146 e. The second-order valence-corrected chi connectivity index (χ2v) is 4.76.